The lowest BCUT2D eigenvalue weighted by atomic mass is 10.1. The van der Waals surface area contributed by atoms with Crippen LogP contribution in [-0.2, 0) is 6.54 Å². The van der Waals surface area contributed by atoms with Gasteiger partial charge < -0.3 is 10.4 Å². The Labute approximate surface area is 96.5 Å². The molecule has 1 aromatic rings. The van der Waals surface area contributed by atoms with Crippen molar-refractivity contribution in [2.24, 2.45) is 5.92 Å². The molecular formula is C13H20FNO. The molecule has 0 radical (unpaired) electrons. The molecule has 3 heteroatoms. The predicted molar refractivity (Wildman–Crippen MR) is 63.6 cm³/mol. The fourth-order valence-electron chi connectivity index (χ4n) is 1.53. The Morgan fingerprint density at radius 2 is 2.12 bits per heavy atom. The highest BCUT2D eigenvalue weighted by Gasteiger charge is 2.01. The first-order valence-electron chi connectivity index (χ1n) is 5.79. The normalized spacial score (nSPS) is 12.7. The topological polar surface area (TPSA) is 32.3 Å². The van der Waals surface area contributed by atoms with Gasteiger partial charge in [-0.25, -0.2) is 4.39 Å². The van der Waals surface area contributed by atoms with Crippen LogP contribution in [0.5, 0.6) is 0 Å². The van der Waals surface area contributed by atoms with Crippen molar-refractivity contribution in [2.45, 2.75) is 26.3 Å². The molecule has 16 heavy (non-hydrogen) atoms. The summed E-state index contributed by atoms with van der Waals surface area (Å²) in [5.41, 5.74) is 0.706. The van der Waals surface area contributed by atoms with Gasteiger partial charge in [0.05, 0.1) is 0 Å². The number of aliphatic hydroxyl groups is 1. The zero-order valence-electron chi connectivity index (χ0n) is 9.75. The minimum atomic E-state index is -0.154. The molecule has 2 N–H and O–H groups in total. The first-order chi connectivity index (χ1) is 7.74. The van der Waals surface area contributed by atoms with Crippen LogP contribution in [0.1, 0.15) is 25.3 Å². The summed E-state index contributed by atoms with van der Waals surface area (Å²) in [5, 5.41) is 12.0. The van der Waals surface area contributed by atoms with Gasteiger partial charge in [-0.2, -0.15) is 0 Å². The van der Waals surface area contributed by atoms with Crippen molar-refractivity contribution < 1.29 is 9.50 Å². The second kappa shape index (κ2) is 7.36. The monoisotopic (exact) mass is 225 g/mol. The van der Waals surface area contributed by atoms with E-state index in [1.54, 1.807) is 12.1 Å². The molecule has 0 saturated heterocycles. The third kappa shape index (κ3) is 4.73. The number of aliphatic hydroxyl groups excluding tert-OH is 1. The molecule has 0 amide bonds. The molecule has 0 aliphatic carbocycles. The van der Waals surface area contributed by atoms with E-state index in [1.807, 2.05) is 13.0 Å². The van der Waals surface area contributed by atoms with Crippen molar-refractivity contribution in [1.82, 2.24) is 5.32 Å². The Morgan fingerprint density at radius 1 is 1.38 bits per heavy atom. The highest BCUT2D eigenvalue weighted by molar-refractivity contribution is 5.16. The van der Waals surface area contributed by atoms with Gasteiger partial charge in [-0.15, -0.1) is 0 Å². The molecule has 0 spiro atoms. The Kier molecular flexibility index (Phi) is 6.04. The van der Waals surface area contributed by atoms with E-state index in [0.29, 0.717) is 18.0 Å². The molecular weight excluding hydrogens is 205 g/mol. The minimum Gasteiger partial charge on any atom is -0.396 e. The predicted octanol–water partition coefficient (Wildman–Crippen LogP) is 2.32. The number of rotatable bonds is 7. The number of halogens is 1. The van der Waals surface area contributed by atoms with E-state index in [2.05, 4.69) is 5.32 Å². The van der Waals surface area contributed by atoms with Crippen molar-refractivity contribution in [3.8, 4) is 0 Å². The fourth-order valence-corrected chi connectivity index (χ4v) is 1.53. The Bertz CT molecular complexity index is 304. The van der Waals surface area contributed by atoms with Crippen LogP contribution in [0.3, 0.4) is 0 Å². The van der Waals surface area contributed by atoms with Crippen LogP contribution in [-0.4, -0.2) is 18.3 Å². The van der Waals surface area contributed by atoms with Gasteiger partial charge in [0.2, 0.25) is 0 Å². The lowest BCUT2D eigenvalue weighted by Crippen LogP contribution is -2.16. The van der Waals surface area contributed by atoms with E-state index >= 15 is 0 Å². The quantitative estimate of drug-likeness (QED) is 0.698. The minimum absolute atomic E-state index is 0.154. The summed E-state index contributed by atoms with van der Waals surface area (Å²) in [7, 11) is 0. The zero-order valence-corrected chi connectivity index (χ0v) is 9.75. The highest BCUT2D eigenvalue weighted by atomic mass is 19.1. The number of nitrogens with one attached hydrogen (secondary N) is 1. The van der Waals surface area contributed by atoms with Crippen LogP contribution >= 0.6 is 0 Å². The third-order valence-electron chi connectivity index (χ3n) is 2.64. The second-order valence-corrected chi connectivity index (χ2v) is 4.20. The van der Waals surface area contributed by atoms with E-state index in [1.165, 1.54) is 6.07 Å². The molecule has 0 heterocycles. The third-order valence-corrected chi connectivity index (χ3v) is 2.64. The maximum Gasteiger partial charge on any atom is 0.127 e. The van der Waals surface area contributed by atoms with Gasteiger partial charge in [0.1, 0.15) is 5.82 Å². The first kappa shape index (κ1) is 13.1. The van der Waals surface area contributed by atoms with Crippen LogP contribution in [0.15, 0.2) is 24.3 Å². The molecule has 2 nitrogen and oxygen atoms in total. The molecule has 0 aliphatic rings. The number of hydrogen-bond acceptors (Lipinski definition) is 2. The maximum absolute atomic E-state index is 13.2. The van der Waals surface area contributed by atoms with Crippen LogP contribution in [0.2, 0.25) is 0 Å². The Balaban J connectivity index is 2.14. The van der Waals surface area contributed by atoms with Gasteiger partial charge in [-0.05, 0) is 31.4 Å². The van der Waals surface area contributed by atoms with Crippen molar-refractivity contribution >= 4 is 0 Å². The van der Waals surface area contributed by atoms with Gasteiger partial charge in [-0.3, -0.25) is 0 Å². The average molecular weight is 225 g/mol. The average Bonchev–Trinajstić information content (AvgIpc) is 2.30. The summed E-state index contributed by atoms with van der Waals surface area (Å²) in [6.07, 6.45) is 2.01. The van der Waals surface area contributed by atoms with Gasteiger partial charge >= 0.3 is 0 Å². The van der Waals surface area contributed by atoms with Crippen molar-refractivity contribution in [3.63, 3.8) is 0 Å². The van der Waals surface area contributed by atoms with Gasteiger partial charge in [0.15, 0.2) is 0 Å². The van der Waals surface area contributed by atoms with E-state index in [-0.39, 0.29) is 12.4 Å². The van der Waals surface area contributed by atoms with Crippen molar-refractivity contribution in [2.75, 3.05) is 13.2 Å². The summed E-state index contributed by atoms with van der Waals surface area (Å²) in [6.45, 7) is 3.70. The maximum atomic E-state index is 13.2. The highest BCUT2D eigenvalue weighted by Crippen LogP contribution is 2.06. The molecule has 0 aliphatic heterocycles. The standard InChI is InChI=1S/C13H20FNO/c1-11(10-16)5-4-8-15-9-12-6-2-3-7-13(12)14/h2-3,6-7,11,15-16H,4-5,8-10H2,1H3. The van der Waals surface area contributed by atoms with Crippen molar-refractivity contribution in [1.29, 1.82) is 0 Å². The lowest BCUT2D eigenvalue weighted by molar-refractivity contribution is 0.228. The molecule has 0 bridgehead atoms. The first-order valence-corrected chi connectivity index (χ1v) is 5.79. The lowest BCUT2D eigenvalue weighted by Gasteiger charge is -2.08. The number of hydrogen-bond donors (Lipinski definition) is 2. The van der Waals surface area contributed by atoms with Gasteiger partial charge in [-0.1, -0.05) is 25.1 Å². The number of benzene rings is 1. The van der Waals surface area contributed by atoms with Gasteiger partial charge in [0.25, 0.3) is 0 Å². The molecule has 90 valence electrons. The van der Waals surface area contributed by atoms with Crippen LogP contribution in [0.4, 0.5) is 4.39 Å². The summed E-state index contributed by atoms with van der Waals surface area (Å²) < 4.78 is 13.2. The molecule has 0 aromatic heterocycles. The summed E-state index contributed by atoms with van der Waals surface area (Å²) in [4.78, 5) is 0. The summed E-state index contributed by atoms with van der Waals surface area (Å²) in [5.74, 6) is 0.203. The SMILES string of the molecule is CC(CO)CCCNCc1ccccc1F. The zero-order chi connectivity index (χ0) is 11.8. The molecule has 1 unspecified atom stereocenters. The Morgan fingerprint density at radius 3 is 2.81 bits per heavy atom. The van der Waals surface area contributed by atoms with Crippen molar-refractivity contribution in [3.05, 3.63) is 35.6 Å². The van der Waals surface area contributed by atoms with Crippen LogP contribution in [0, 0.1) is 11.7 Å². The molecule has 1 rings (SSSR count). The second-order valence-electron chi connectivity index (χ2n) is 4.20. The molecule has 1 atom stereocenters. The van der Waals surface area contributed by atoms with E-state index < -0.39 is 0 Å². The fraction of sp³-hybridized carbons (Fsp3) is 0.538. The largest absolute Gasteiger partial charge is 0.396 e. The van der Waals surface area contributed by atoms with E-state index in [4.69, 9.17) is 5.11 Å². The molecule has 0 fully saturated rings. The summed E-state index contributed by atoms with van der Waals surface area (Å²) in [6, 6.07) is 6.80. The molecule has 1 aromatic carbocycles. The smallest absolute Gasteiger partial charge is 0.127 e. The van der Waals surface area contributed by atoms with Gasteiger partial charge in [0, 0.05) is 18.7 Å². The van der Waals surface area contributed by atoms with Crippen LogP contribution < -0.4 is 5.32 Å². The van der Waals surface area contributed by atoms with E-state index in [0.717, 1.165) is 19.4 Å². The molecule has 0 saturated carbocycles. The summed E-state index contributed by atoms with van der Waals surface area (Å²) >= 11 is 0. The van der Waals surface area contributed by atoms with E-state index in [9.17, 15) is 4.39 Å². The van der Waals surface area contributed by atoms with Crippen LogP contribution in [0.25, 0.3) is 0 Å². The Hall–Kier alpha value is -0.930.